The van der Waals surface area contributed by atoms with Gasteiger partial charge in [-0.25, -0.2) is 4.79 Å². The number of hydrogen-bond donors (Lipinski definition) is 1. The number of furan rings is 1. The maximum absolute atomic E-state index is 15.1. The Balaban J connectivity index is 1.66. The lowest BCUT2D eigenvalue weighted by Crippen LogP contribution is -2.98. The van der Waals surface area contributed by atoms with E-state index >= 15 is 4.79 Å². The lowest BCUT2D eigenvalue weighted by Gasteiger charge is -2.78. The van der Waals surface area contributed by atoms with E-state index in [2.05, 4.69) is 0 Å². The SMILES string of the molecule is CCC(C)C(=O)O[C@H]1[C@]2(C)CC34OC5(C)O[C@]6([C@@H]7/C(=C(/O)C(C)C)C(=O)O[C@@H](c8ccoc8)[C@]7(C)[C@@H](OC(C)=O)[C@@H](OC(C)=O)[C@]6(O5)[C@]3(C)[C@H]2CC(=O)OC)[C@H](OC(C)=O)[C@@]14OC(C)=O. The van der Waals surface area contributed by atoms with Crippen molar-refractivity contribution in [2.75, 3.05) is 7.11 Å². The molecule has 3 unspecified atom stereocenters. The van der Waals surface area contributed by atoms with E-state index < -0.39 is 158 Å². The van der Waals surface area contributed by atoms with Crippen molar-refractivity contribution in [3.63, 3.8) is 0 Å². The summed E-state index contributed by atoms with van der Waals surface area (Å²) in [6, 6.07) is 1.50. The standard InChI is InChI=1S/C46H58O19/c1-14-21(4)35(53)61-37-39(9)19-43-41(11,27(39)17-28(51)55-13)46-34(58-23(6)48)33(57-22(5)47)40(10)31(29(30(52)20(2)3)36(54)60-32(40)26-15-16-56-18-26)44(46,64-42(12,63-43)65-46)38(59-24(7)49)45(37,43)62-25(8)50/h15-16,18,20-21,27,31-34,37-38,52H,14,17,19H2,1-13H3/b30-29-/t21?,27-,31+,32-,33-,34+,37-,38-,39+,40+,41+,42?,43?,44+,45-,46-/m0/s1. The van der Waals surface area contributed by atoms with Crippen LogP contribution in [-0.2, 0) is 80.9 Å². The van der Waals surface area contributed by atoms with Crippen LogP contribution in [0.3, 0.4) is 0 Å². The second kappa shape index (κ2) is 14.5. The number of allylic oxidation sites excluding steroid dienone is 1. The van der Waals surface area contributed by atoms with E-state index in [0.717, 1.165) is 27.7 Å². The van der Waals surface area contributed by atoms with Crippen LogP contribution < -0.4 is 0 Å². The molecule has 7 fully saturated rings. The highest BCUT2D eigenvalue weighted by molar-refractivity contribution is 5.92. The highest BCUT2D eigenvalue weighted by Gasteiger charge is 3.08. The predicted octanol–water partition coefficient (Wildman–Crippen LogP) is 4.63. The van der Waals surface area contributed by atoms with Crippen molar-refractivity contribution in [3.8, 4) is 0 Å². The molecule has 0 aromatic carbocycles. The number of esters is 7. The van der Waals surface area contributed by atoms with E-state index in [1.165, 1.54) is 32.6 Å². The van der Waals surface area contributed by atoms with Crippen LogP contribution in [0, 0.1) is 39.9 Å². The molecule has 1 aromatic rings. The first-order valence-corrected chi connectivity index (χ1v) is 22.0. The zero-order chi connectivity index (χ0) is 48.0. The van der Waals surface area contributed by atoms with Crippen LogP contribution in [-0.4, -0.2) is 107 Å². The van der Waals surface area contributed by atoms with Crippen molar-refractivity contribution < 1.29 is 90.5 Å². The molecule has 19 heteroatoms. The molecule has 1 N–H and O–H groups in total. The number of cyclic esters (lactones) is 1. The van der Waals surface area contributed by atoms with Crippen LogP contribution in [0.5, 0.6) is 0 Å². The first-order chi connectivity index (χ1) is 30.2. The molecule has 356 valence electrons. The molecule has 4 heterocycles. The van der Waals surface area contributed by atoms with Gasteiger partial charge in [-0.15, -0.1) is 0 Å². The average Bonchev–Trinajstić information content (AvgIpc) is 3.91. The molecule has 16 atom stereocenters. The Hall–Kier alpha value is -5.01. The van der Waals surface area contributed by atoms with Crippen LogP contribution in [0.25, 0.3) is 0 Å². The largest absolute Gasteiger partial charge is 0.511 e. The number of carbonyl (C=O) groups is 7. The number of aliphatic hydroxyl groups excluding tert-OH is 1. The van der Waals surface area contributed by atoms with Crippen molar-refractivity contribution in [1.29, 1.82) is 0 Å². The second-order valence-corrected chi connectivity index (χ2v) is 19.9. The average molecular weight is 915 g/mol. The highest BCUT2D eigenvalue weighted by atomic mass is 16.9. The van der Waals surface area contributed by atoms with Crippen molar-refractivity contribution in [2.24, 2.45) is 39.9 Å². The fraction of sp³-hybridized carbons (Fsp3) is 0.717. The zero-order valence-corrected chi connectivity index (χ0v) is 38.8. The van der Waals surface area contributed by atoms with E-state index in [4.69, 9.17) is 51.8 Å². The van der Waals surface area contributed by atoms with Gasteiger partial charge in [0.05, 0.1) is 36.5 Å². The highest BCUT2D eigenvalue weighted by Crippen LogP contribution is 2.91. The van der Waals surface area contributed by atoms with Crippen molar-refractivity contribution >= 4 is 41.8 Å². The van der Waals surface area contributed by atoms with Gasteiger partial charge in [-0.1, -0.05) is 48.5 Å². The smallest absolute Gasteiger partial charge is 0.338 e. The fourth-order valence-corrected chi connectivity index (χ4v) is 14.2. The second-order valence-electron chi connectivity index (χ2n) is 19.9. The minimum Gasteiger partial charge on any atom is -0.511 e. The summed E-state index contributed by atoms with van der Waals surface area (Å²) >= 11 is 0. The molecule has 4 saturated carbocycles. The lowest BCUT2D eigenvalue weighted by molar-refractivity contribution is -0.490. The first-order valence-electron chi connectivity index (χ1n) is 22.0. The molecule has 7 aliphatic rings. The lowest BCUT2D eigenvalue weighted by atomic mass is 9.32. The molecular weight excluding hydrogens is 856 g/mol. The summed E-state index contributed by atoms with van der Waals surface area (Å²) in [4.78, 5) is 99.4. The topological polar surface area (TPSA) is 245 Å². The number of ether oxygens (including phenoxy) is 10. The summed E-state index contributed by atoms with van der Waals surface area (Å²) < 4.78 is 72.0. The van der Waals surface area contributed by atoms with E-state index in [9.17, 15) is 33.9 Å². The van der Waals surface area contributed by atoms with E-state index in [1.807, 2.05) is 0 Å². The zero-order valence-electron chi connectivity index (χ0n) is 38.8. The summed E-state index contributed by atoms with van der Waals surface area (Å²) in [5.41, 5.74) is -15.2. The van der Waals surface area contributed by atoms with Crippen LogP contribution in [0.1, 0.15) is 114 Å². The maximum atomic E-state index is 15.1. The third-order valence-electron chi connectivity index (χ3n) is 16.1. The van der Waals surface area contributed by atoms with Crippen molar-refractivity contribution in [1.82, 2.24) is 0 Å². The van der Waals surface area contributed by atoms with Crippen molar-refractivity contribution in [2.45, 2.75) is 161 Å². The van der Waals surface area contributed by atoms with Gasteiger partial charge >= 0.3 is 41.8 Å². The van der Waals surface area contributed by atoms with E-state index in [-0.39, 0.29) is 12.0 Å². The van der Waals surface area contributed by atoms with Gasteiger partial charge in [0.25, 0.3) is 5.97 Å². The fourth-order valence-electron chi connectivity index (χ4n) is 14.2. The normalized spacial score (nSPS) is 44.8. The van der Waals surface area contributed by atoms with Gasteiger partial charge in [0.1, 0.15) is 17.5 Å². The third-order valence-corrected chi connectivity index (χ3v) is 16.1. The third kappa shape index (κ3) is 5.36. The number of fused-ring (bicyclic) bond motifs is 3. The molecule has 19 nitrogen and oxygen atoms in total. The van der Waals surface area contributed by atoms with Gasteiger partial charge in [-0.05, 0) is 24.8 Å². The summed E-state index contributed by atoms with van der Waals surface area (Å²) in [5, 5.41) is 12.4. The predicted molar refractivity (Wildman–Crippen MR) is 215 cm³/mol. The molecule has 65 heavy (non-hydrogen) atoms. The Morgan fingerprint density at radius 2 is 1.48 bits per heavy atom. The molecule has 8 rings (SSSR count). The Kier molecular flexibility index (Phi) is 10.4. The molecule has 3 aliphatic heterocycles. The molecular formula is C46H58O19. The quantitative estimate of drug-likeness (QED) is 0.138. The summed E-state index contributed by atoms with van der Waals surface area (Å²) in [6.07, 6.45) is -6.49. The Bertz CT molecular complexity index is 2290. The van der Waals surface area contributed by atoms with Gasteiger partial charge in [-0.3, -0.25) is 28.8 Å². The van der Waals surface area contributed by atoms with E-state index in [1.54, 1.807) is 48.5 Å². The summed E-state index contributed by atoms with van der Waals surface area (Å²) in [5.74, 6) is -13.6. The Labute approximate surface area is 375 Å². The van der Waals surface area contributed by atoms with Gasteiger partial charge in [0.15, 0.2) is 35.6 Å². The first kappa shape index (κ1) is 46.5. The minimum absolute atomic E-state index is 0.200. The number of carbonyl (C=O) groups excluding carboxylic acids is 7. The number of aliphatic hydroxyl groups is 1. The molecule has 1 aromatic heterocycles. The monoisotopic (exact) mass is 914 g/mol. The summed E-state index contributed by atoms with van der Waals surface area (Å²) in [7, 11) is 1.19. The Morgan fingerprint density at radius 3 is 2.02 bits per heavy atom. The van der Waals surface area contributed by atoms with Crippen molar-refractivity contribution in [3.05, 3.63) is 35.5 Å². The van der Waals surface area contributed by atoms with Gasteiger partial charge in [0, 0.05) is 69.3 Å². The molecule has 0 amide bonds. The van der Waals surface area contributed by atoms with E-state index in [0.29, 0.717) is 6.42 Å². The molecule has 2 spiro atoms. The van der Waals surface area contributed by atoms with Crippen LogP contribution >= 0.6 is 0 Å². The molecule has 3 saturated heterocycles. The maximum Gasteiger partial charge on any atom is 0.338 e. The molecule has 4 aliphatic carbocycles. The van der Waals surface area contributed by atoms with Gasteiger partial charge < -0.3 is 56.9 Å². The van der Waals surface area contributed by atoms with Crippen LogP contribution in [0.4, 0.5) is 0 Å². The summed E-state index contributed by atoms with van der Waals surface area (Å²) in [6.45, 7) is 17.4. The van der Waals surface area contributed by atoms with Crippen LogP contribution in [0.2, 0.25) is 0 Å². The number of rotatable bonds is 11. The van der Waals surface area contributed by atoms with Crippen LogP contribution in [0.15, 0.2) is 34.3 Å². The molecule has 0 radical (unpaired) electrons. The molecule has 4 bridgehead atoms. The van der Waals surface area contributed by atoms with Gasteiger partial charge in [-0.2, -0.15) is 0 Å². The number of hydrogen-bond acceptors (Lipinski definition) is 19. The number of methoxy groups -OCH3 is 1. The van der Waals surface area contributed by atoms with Gasteiger partial charge in [0.2, 0.25) is 5.60 Å². The Morgan fingerprint density at radius 1 is 0.846 bits per heavy atom. The minimum atomic E-state index is -2.61.